The Labute approximate surface area is 80.8 Å². The van der Waals surface area contributed by atoms with E-state index in [0.29, 0.717) is 17.8 Å². The molecule has 5 heteroatoms. The second-order valence-electron chi connectivity index (χ2n) is 2.84. The lowest BCUT2D eigenvalue weighted by Crippen LogP contribution is -1.97. The number of rotatable bonds is 3. The fourth-order valence-electron chi connectivity index (χ4n) is 1.32. The van der Waals surface area contributed by atoms with Gasteiger partial charge in [-0.3, -0.25) is 0 Å². The third-order valence-electron chi connectivity index (χ3n) is 1.95. The van der Waals surface area contributed by atoms with Crippen LogP contribution in [0.4, 0.5) is 0 Å². The zero-order valence-corrected chi connectivity index (χ0v) is 7.59. The van der Waals surface area contributed by atoms with Gasteiger partial charge in [0.05, 0.1) is 18.6 Å². The highest BCUT2D eigenvalue weighted by atomic mass is 16.3. The Hall–Kier alpha value is -1.75. The summed E-state index contributed by atoms with van der Waals surface area (Å²) < 4.78 is 1.85. The van der Waals surface area contributed by atoms with Crippen LogP contribution in [-0.2, 0) is 13.2 Å². The predicted octanol–water partition coefficient (Wildman–Crippen LogP) is 0.505. The molecule has 5 nitrogen and oxygen atoms in total. The molecule has 0 fully saturated rings. The zero-order valence-electron chi connectivity index (χ0n) is 7.59. The summed E-state index contributed by atoms with van der Waals surface area (Å²) in [5.41, 5.74) is 1.93. The van der Waals surface area contributed by atoms with Gasteiger partial charge in [0.25, 0.3) is 0 Å². The van der Waals surface area contributed by atoms with E-state index in [1.54, 1.807) is 12.4 Å². The highest BCUT2D eigenvalue weighted by Gasteiger charge is 2.07. The SMILES string of the molecule is C=CCn1cnc2c(CO)ncnc21. The fraction of sp³-hybridized carbons (Fsp3) is 0.222. The van der Waals surface area contributed by atoms with Crippen molar-refractivity contribution in [3.05, 3.63) is 31.0 Å². The van der Waals surface area contributed by atoms with Crippen LogP contribution in [0, 0.1) is 0 Å². The Morgan fingerprint density at radius 2 is 2.29 bits per heavy atom. The second kappa shape index (κ2) is 3.55. The van der Waals surface area contributed by atoms with Crippen molar-refractivity contribution in [3.63, 3.8) is 0 Å². The molecule has 0 aliphatic carbocycles. The van der Waals surface area contributed by atoms with Crippen molar-refractivity contribution >= 4 is 11.2 Å². The van der Waals surface area contributed by atoms with Crippen LogP contribution in [0.2, 0.25) is 0 Å². The van der Waals surface area contributed by atoms with Crippen LogP contribution in [-0.4, -0.2) is 24.6 Å². The van der Waals surface area contributed by atoms with Gasteiger partial charge in [0.15, 0.2) is 5.65 Å². The van der Waals surface area contributed by atoms with Crippen LogP contribution in [0.1, 0.15) is 5.69 Å². The standard InChI is InChI=1S/C9H10N4O/c1-2-3-13-6-12-8-7(4-14)10-5-11-9(8)13/h2,5-6,14H,1,3-4H2. The van der Waals surface area contributed by atoms with Gasteiger partial charge in [-0.1, -0.05) is 6.08 Å². The predicted molar refractivity (Wildman–Crippen MR) is 51.4 cm³/mol. The van der Waals surface area contributed by atoms with E-state index in [9.17, 15) is 0 Å². The van der Waals surface area contributed by atoms with Crippen LogP contribution in [0.3, 0.4) is 0 Å². The number of aromatic nitrogens is 4. The molecule has 0 radical (unpaired) electrons. The molecule has 0 spiro atoms. The first-order valence-electron chi connectivity index (χ1n) is 4.23. The van der Waals surface area contributed by atoms with Gasteiger partial charge < -0.3 is 9.67 Å². The number of aliphatic hydroxyl groups excluding tert-OH is 1. The smallest absolute Gasteiger partial charge is 0.163 e. The van der Waals surface area contributed by atoms with E-state index in [2.05, 4.69) is 21.5 Å². The van der Waals surface area contributed by atoms with E-state index in [1.807, 2.05) is 4.57 Å². The van der Waals surface area contributed by atoms with Gasteiger partial charge in [0, 0.05) is 6.54 Å². The molecule has 0 unspecified atom stereocenters. The van der Waals surface area contributed by atoms with E-state index in [-0.39, 0.29) is 6.61 Å². The maximum Gasteiger partial charge on any atom is 0.163 e. The molecule has 0 saturated heterocycles. The minimum atomic E-state index is -0.121. The van der Waals surface area contributed by atoms with Crippen molar-refractivity contribution in [1.82, 2.24) is 19.5 Å². The zero-order chi connectivity index (χ0) is 9.97. The van der Waals surface area contributed by atoms with E-state index < -0.39 is 0 Å². The van der Waals surface area contributed by atoms with Crippen LogP contribution in [0.15, 0.2) is 25.3 Å². The lowest BCUT2D eigenvalue weighted by Gasteiger charge is -1.98. The minimum absolute atomic E-state index is 0.121. The summed E-state index contributed by atoms with van der Waals surface area (Å²) >= 11 is 0. The third kappa shape index (κ3) is 1.27. The van der Waals surface area contributed by atoms with Gasteiger partial charge in [0.1, 0.15) is 11.8 Å². The molecule has 0 aliphatic rings. The first-order valence-corrected chi connectivity index (χ1v) is 4.23. The first-order chi connectivity index (χ1) is 6.86. The fourth-order valence-corrected chi connectivity index (χ4v) is 1.32. The van der Waals surface area contributed by atoms with Gasteiger partial charge >= 0.3 is 0 Å². The van der Waals surface area contributed by atoms with Crippen molar-refractivity contribution in [2.75, 3.05) is 0 Å². The Kier molecular flexibility index (Phi) is 2.24. The molecule has 0 aromatic carbocycles. The molecule has 1 N–H and O–H groups in total. The summed E-state index contributed by atoms with van der Waals surface area (Å²) in [6.45, 7) is 4.17. The molecule has 0 aliphatic heterocycles. The molecule has 0 amide bonds. The summed E-state index contributed by atoms with van der Waals surface area (Å²) in [7, 11) is 0. The molecule has 2 heterocycles. The number of nitrogens with zero attached hydrogens (tertiary/aromatic N) is 4. The van der Waals surface area contributed by atoms with Crippen molar-refractivity contribution in [2.24, 2.45) is 0 Å². The van der Waals surface area contributed by atoms with Crippen molar-refractivity contribution in [2.45, 2.75) is 13.2 Å². The molecule has 14 heavy (non-hydrogen) atoms. The van der Waals surface area contributed by atoms with E-state index in [0.717, 1.165) is 5.65 Å². The topological polar surface area (TPSA) is 63.8 Å². The van der Waals surface area contributed by atoms with Crippen LogP contribution < -0.4 is 0 Å². The average Bonchev–Trinajstić information content (AvgIpc) is 2.62. The molecule has 2 aromatic heterocycles. The van der Waals surface area contributed by atoms with Crippen molar-refractivity contribution < 1.29 is 5.11 Å². The van der Waals surface area contributed by atoms with Gasteiger partial charge in [-0.25, -0.2) is 15.0 Å². The van der Waals surface area contributed by atoms with Gasteiger partial charge in [0.2, 0.25) is 0 Å². The van der Waals surface area contributed by atoms with Crippen molar-refractivity contribution in [3.8, 4) is 0 Å². The van der Waals surface area contributed by atoms with Gasteiger partial charge in [-0.2, -0.15) is 0 Å². The summed E-state index contributed by atoms with van der Waals surface area (Å²) in [4.78, 5) is 12.2. The molecule has 2 rings (SSSR count). The lowest BCUT2D eigenvalue weighted by molar-refractivity contribution is 0.278. The summed E-state index contributed by atoms with van der Waals surface area (Å²) in [6.07, 6.45) is 4.86. The largest absolute Gasteiger partial charge is 0.390 e. The molecular formula is C9H10N4O. The Morgan fingerprint density at radius 1 is 1.43 bits per heavy atom. The van der Waals surface area contributed by atoms with Crippen molar-refractivity contribution in [1.29, 1.82) is 0 Å². The summed E-state index contributed by atoms with van der Waals surface area (Å²) in [5.74, 6) is 0. The number of allylic oxidation sites excluding steroid dienone is 1. The number of aliphatic hydroxyl groups is 1. The summed E-state index contributed by atoms with van der Waals surface area (Å²) in [5, 5.41) is 9.02. The third-order valence-corrected chi connectivity index (χ3v) is 1.95. The maximum absolute atomic E-state index is 9.02. The molecule has 0 saturated carbocycles. The Morgan fingerprint density at radius 3 is 3.00 bits per heavy atom. The van der Waals surface area contributed by atoms with E-state index >= 15 is 0 Å². The number of hydrogen-bond donors (Lipinski definition) is 1. The van der Waals surface area contributed by atoms with Crippen LogP contribution in [0.25, 0.3) is 11.2 Å². The maximum atomic E-state index is 9.02. The van der Waals surface area contributed by atoms with Crippen LogP contribution >= 0.6 is 0 Å². The summed E-state index contributed by atoms with van der Waals surface area (Å²) in [6, 6.07) is 0. The second-order valence-corrected chi connectivity index (χ2v) is 2.84. The Bertz CT molecular complexity index is 463. The number of hydrogen-bond acceptors (Lipinski definition) is 4. The molecular weight excluding hydrogens is 180 g/mol. The van der Waals surface area contributed by atoms with Gasteiger partial charge in [-0.15, -0.1) is 6.58 Å². The van der Waals surface area contributed by atoms with Crippen LogP contribution in [0.5, 0.6) is 0 Å². The highest BCUT2D eigenvalue weighted by Crippen LogP contribution is 2.12. The number of fused-ring (bicyclic) bond motifs is 1. The lowest BCUT2D eigenvalue weighted by atomic mass is 10.4. The number of imidazole rings is 1. The Balaban J connectivity index is 2.63. The van der Waals surface area contributed by atoms with Gasteiger partial charge in [-0.05, 0) is 0 Å². The quantitative estimate of drug-likeness (QED) is 0.716. The average molecular weight is 190 g/mol. The van der Waals surface area contributed by atoms with E-state index in [1.165, 1.54) is 6.33 Å². The molecule has 72 valence electrons. The molecule has 0 atom stereocenters. The molecule has 2 aromatic rings. The monoisotopic (exact) mass is 190 g/mol. The van der Waals surface area contributed by atoms with E-state index in [4.69, 9.17) is 5.11 Å². The normalized spacial score (nSPS) is 10.6. The molecule has 0 bridgehead atoms. The highest BCUT2D eigenvalue weighted by molar-refractivity contribution is 5.72. The minimum Gasteiger partial charge on any atom is -0.390 e. The first kappa shape index (κ1) is 8.83.